The average molecular weight is 569 g/mol. The molecule has 3 aromatic rings. The van der Waals surface area contributed by atoms with Gasteiger partial charge in [-0.1, -0.05) is 60.5 Å². The third-order valence-corrected chi connectivity index (χ3v) is 8.32. The molecular formula is C35H44N4O3. The molecule has 1 aromatic heterocycles. The largest absolute Gasteiger partial charge is 0.485 e. The van der Waals surface area contributed by atoms with Crippen LogP contribution in [-0.2, 0) is 17.8 Å². The second kappa shape index (κ2) is 15.0. The maximum Gasteiger partial charge on any atom is 0.273 e. The Morgan fingerprint density at radius 3 is 2.45 bits per heavy atom. The lowest BCUT2D eigenvalue weighted by molar-refractivity contribution is 0.0926. The van der Waals surface area contributed by atoms with Gasteiger partial charge in [-0.05, 0) is 74.6 Å². The van der Waals surface area contributed by atoms with E-state index in [2.05, 4.69) is 40.6 Å². The summed E-state index contributed by atoms with van der Waals surface area (Å²) in [5.41, 5.74) is 6.21. The maximum atomic E-state index is 13.1. The summed E-state index contributed by atoms with van der Waals surface area (Å²) in [5.74, 6) is 1.35. The van der Waals surface area contributed by atoms with E-state index in [0.29, 0.717) is 48.6 Å². The van der Waals surface area contributed by atoms with Crippen LogP contribution in [0.5, 0.6) is 5.75 Å². The molecule has 0 spiro atoms. The maximum absolute atomic E-state index is 13.1. The van der Waals surface area contributed by atoms with Gasteiger partial charge in [0.05, 0.1) is 12.3 Å². The molecule has 1 aliphatic heterocycles. The summed E-state index contributed by atoms with van der Waals surface area (Å²) >= 11 is 0. The quantitative estimate of drug-likeness (QED) is 0.265. The van der Waals surface area contributed by atoms with E-state index in [0.717, 1.165) is 37.9 Å². The highest BCUT2D eigenvalue weighted by atomic mass is 16.5. The Morgan fingerprint density at radius 1 is 1.00 bits per heavy atom. The van der Waals surface area contributed by atoms with Crippen LogP contribution in [0.25, 0.3) is 6.08 Å². The molecule has 0 bridgehead atoms. The Hall–Kier alpha value is -3.71. The number of aryl methyl sites for hydroxylation is 1. The third-order valence-electron chi connectivity index (χ3n) is 8.32. The van der Waals surface area contributed by atoms with Crippen molar-refractivity contribution in [2.24, 2.45) is 5.92 Å². The minimum Gasteiger partial charge on any atom is -0.485 e. The Kier molecular flexibility index (Phi) is 10.6. The summed E-state index contributed by atoms with van der Waals surface area (Å²) in [4.78, 5) is 25.2. The van der Waals surface area contributed by atoms with Crippen LogP contribution in [-0.4, -0.2) is 49.2 Å². The van der Waals surface area contributed by atoms with E-state index >= 15 is 0 Å². The van der Waals surface area contributed by atoms with Gasteiger partial charge in [-0.3, -0.25) is 4.79 Å². The van der Waals surface area contributed by atoms with Gasteiger partial charge in [-0.25, -0.2) is 9.97 Å². The van der Waals surface area contributed by atoms with Crippen LogP contribution in [0.1, 0.15) is 78.1 Å². The molecule has 2 aromatic carbocycles. The number of hydrogen-bond donors (Lipinski definition) is 1. The fourth-order valence-corrected chi connectivity index (χ4v) is 5.94. The van der Waals surface area contributed by atoms with Crippen molar-refractivity contribution in [1.82, 2.24) is 15.3 Å². The van der Waals surface area contributed by atoms with Gasteiger partial charge in [-0.2, -0.15) is 0 Å². The predicted molar refractivity (Wildman–Crippen MR) is 168 cm³/mol. The molecule has 1 amide bonds. The van der Waals surface area contributed by atoms with Crippen LogP contribution in [0.3, 0.4) is 0 Å². The molecule has 5 rings (SSSR count). The minimum absolute atomic E-state index is 0.265. The van der Waals surface area contributed by atoms with Crippen molar-refractivity contribution < 1.29 is 14.3 Å². The number of amides is 1. The fourth-order valence-electron chi connectivity index (χ4n) is 5.94. The molecule has 0 atom stereocenters. The van der Waals surface area contributed by atoms with E-state index in [9.17, 15) is 4.79 Å². The number of anilines is 1. The first-order valence-electron chi connectivity index (χ1n) is 15.4. The first-order chi connectivity index (χ1) is 20.6. The van der Waals surface area contributed by atoms with Gasteiger partial charge in [0.15, 0.2) is 11.4 Å². The first-order valence-corrected chi connectivity index (χ1v) is 15.4. The lowest BCUT2D eigenvalue weighted by Crippen LogP contribution is -2.34. The standard InChI is InChI=1S/C35H44N4O3/c1-26-34(42-25-30-11-7-4-8-12-30)33(35(40)36-19-22-41-2)38-32(37-26)24-29-17-20-39(21-18-29)31-15-13-28(14-16-31)23-27-9-5-3-6-10-27/h4,7-8,11-16,23,29H,3,5-6,9-10,17-22,24-25H2,1-2H3,(H,36,40). The second-order valence-electron chi connectivity index (χ2n) is 11.5. The highest BCUT2D eigenvalue weighted by molar-refractivity contribution is 5.95. The monoisotopic (exact) mass is 568 g/mol. The number of carbonyl (C=O) groups is 1. The molecule has 2 fully saturated rings. The summed E-state index contributed by atoms with van der Waals surface area (Å²) in [6.45, 7) is 5.09. The molecule has 7 heteroatoms. The molecular weight excluding hydrogens is 524 g/mol. The number of piperidine rings is 1. The molecule has 2 aliphatic rings. The highest BCUT2D eigenvalue weighted by Crippen LogP contribution is 2.29. The number of nitrogens with one attached hydrogen (secondary N) is 1. The molecule has 1 aliphatic carbocycles. The summed E-state index contributed by atoms with van der Waals surface area (Å²) in [7, 11) is 1.61. The fraction of sp³-hybridized carbons (Fsp3) is 0.457. The average Bonchev–Trinajstić information content (AvgIpc) is 3.02. The number of ether oxygens (including phenoxy) is 2. The number of hydrogen-bond acceptors (Lipinski definition) is 6. The van der Waals surface area contributed by atoms with E-state index in [4.69, 9.17) is 19.4 Å². The minimum atomic E-state index is -0.265. The van der Waals surface area contributed by atoms with Crippen molar-refractivity contribution in [2.75, 3.05) is 38.3 Å². The first kappa shape index (κ1) is 29.8. The second-order valence-corrected chi connectivity index (χ2v) is 11.5. The molecule has 1 saturated carbocycles. The number of rotatable bonds is 11. The number of methoxy groups -OCH3 is 1. The van der Waals surface area contributed by atoms with Crippen molar-refractivity contribution in [3.63, 3.8) is 0 Å². The van der Waals surface area contributed by atoms with Crippen molar-refractivity contribution in [1.29, 1.82) is 0 Å². The van der Waals surface area contributed by atoms with Gasteiger partial charge in [-0.15, -0.1) is 0 Å². The summed E-state index contributed by atoms with van der Waals surface area (Å²) in [5, 5.41) is 2.90. The Morgan fingerprint density at radius 2 is 1.74 bits per heavy atom. The molecule has 1 N–H and O–H groups in total. The zero-order valence-electron chi connectivity index (χ0n) is 25.1. The van der Waals surface area contributed by atoms with E-state index in [-0.39, 0.29) is 5.91 Å². The number of benzene rings is 2. The van der Waals surface area contributed by atoms with Crippen molar-refractivity contribution in [3.05, 3.63) is 88.5 Å². The van der Waals surface area contributed by atoms with Crippen LogP contribution in [0.15, 0.2) is 60.2 Å². The van der Waals surface area contributed by atoms with Gasteiger partial charge in [0.25, 0.3) is 5.91 Å². The van der Waals surface area contributed by atoms with Crippen LogP contribution in [0, 0.1) is 12.8 Å². The smallest absolute Gasteiger partial charge is 0.273 e. The zero-order valence-corrected chi connectivity index (χ0v) is 25.1. The number of nitrogens with zero attached hydrogens (tertiary/aromatic N) is 3. The van der Waals surface area contributed by atoms with E-state index in [1.807, 2.05) is 37.3 Å². The third kappa shape index (κ3) is 8.19. The van der Waals surface area contributed by atoms with Gasteiger partial charge in [0.2, 0.25) is 0 Å². The molecule has 222 valence electrons. The van der Waals surface area contributed by atoms with Gasteiger partial charge in [0.1, 0.15) is 12.4 Å². The molecule has 1 saturated heterocycles. The number of aromatic nitrogens is 2. The molecule has 7 nitrogen and oxygen atoms in total. The molecule has 0 unspecified atom stereocenters. The van der Waals surface area contributed by atoms with E-state index in [1.165, 1.54) is 43.4 Å². The number of allylic oxidation sites excluding steroid dienone is 1. The predicted octanol–water partition coefficient (Wildman–Crippen LogP) is 6.55. The SMILES string of the molecule is COCCNC(=O)c1nc(CC2CCN(c3ccc(C=C4CCCCC4)cc3)CC2)nc(C)c1OCc1ccccc1. The lowest BCUT2D eigenvalue weighted by Gasteiger charge is -2.33. The summed E-state index contributed by atoms with van der Waals surface area (Å²) in [6, 6.07) is 19.0. The molecule has 2 heterocycles. The van der Waals surface area contributed by atoms with Crippen LogP contribution >= 0.6 is 0 Å². The van der Waals surface area contributed by atoms with Crippen molar-refractivity contribution in [2.45, 2.75) is 64.9 Å². The lowest BCUT2D eigenvalue weighted by atomic mass is 9.92. The zero-order chi connectivity index (χ0) is 29.1. The Labute approximate surface area is 250 Å². The Bertz CT molecular complexity index is 1320. The number of carbonyl (C=O) groups excluding carboxylic acids is 1. The van der Waals surface area contributed by atoms with Crippen LogP contribution in [0.4, 0.5) is 5.69 Å². The van der Waals surface area contributed by atoms with E-state index in [1.54, 1.807) is 12.7 Å². The van der Waals surface area contributed by atoms with Gasteiger partial charge in [0, 0.05) is 38.9 Å². The Balaban J connectivity index is 1.21. The highest BCUT2D eigenvalue weighted by Gasteiger charge is 2.24. The van der Waals surface area contributed by atoms with Crippen molar-refractivity contribution in [3.8, 4) is 5.75 Å². The van der Waals surface area contributed by atoms with Crippen molar-refractivity contribution >= 4 is 17.7 Å². The van der Waals surface area contributed by atoms with Crippen LogP contribution in [0.2, 0.25) is 0 Å². The summed E-state index contributed by atoms with van der Waals surface area (Å²) < 4.78 is 11.2. The van der Waals surface area contributed by atoms with E-state index < -0.39 is 0 Å². The normalized spacial score (nSPS) is 15.9. The molecule has 0 radical (unpaired) electrons. The summed E-state index contributed by atoms with van der Waals surface area (Å²) in [6.07, 6.45) is 11.8. The topological polar surface area (TPSA) is 76.6 Å². The van der Waals surface area contributed by atoms with Gasteiger partial charge < -0.3 is 19.7 Å². The van der Waals surface area contributed by atoms with Gasteiger partial charge >= 0.3 is 0 Å². The molecule has 42 heavy (non-hydrogen) atoms. The van der Waals surface area contributed by atoms with Crippen LogP contribution < -0.4 is 15.0 Å².